The molecule has 1 aromatic carbocycles. The van der Waals surface area contributed by atoms with Gasteiger partial charge < -0.3 is 9.84 Å². The van der Waals surface area contributed by atoms with Crippen molar-refractivity contribution in [2.45, 2.75) is 38.5 Å². The second-order valence-electron chi connectivity index (χ2n) is 5.41. The van der Waals surface area contributed by atoms with Gasteiger partial charge in [-0.15, -0.1) is 0 Å². The van der Waals surface area contributed by atoms with Crippen molar-refractivity contribution in [1.29, 1.82) is 0 Å². The smallest absolute Gasteiger partial charge is 0.246 e. The summed E-state index contributed by atoms with van der Waals surface area (Å²) >= 11 is 1.64. The minimum atomic E-state index is -0.236. The third-order valence-electron chi connectivity index (χ3n) is 3.09. The van der Waals surface area contributed by atoms with Crippen LogP contribution in [0.2, 0.25) is 0 Å². The topological polar surface area (TPSA) is 68.0 Å². The maximum absolute atomic E-state index is 12.8. The van der Waals surface area contributed by atoms with Gasteiger partial charge in [0.25, 0.3) is 0 Å². The van der Waals surface area contributed by atoms with Gasteiger partial charge in [0.2, 0.25) is 11.8 Å². The molecule has 0 unspecified atom stereocenters. The molecule has 2 aromatic rings. The van der Waals surface area contributed by atoms with E-state index in [2.05, 4.69) is 15.5 Å². The summed E-state index contributed by atoms with van der Waals surface area (Å²) < 4.78 is 17.8. The van der Waals surface area contributed by atoms with Crippen LogP contribution in [0, 0.1) is 5.82 Å². The minimum absolute atomic E-state index is 0.0547. The molecule has 0 bridgehead atoms. The lowest BCUT2D eigenvalue weighted by molar-refractivity contribution is -0.120. The fourth-order valence-electron chi connectivity index (χ4n) is 1.77. The average Bonchev–Trinajstić information content (AvgIpc) is 3.00. The van der Waals surface area contributed by atoms with Crippen molar-refractivity contribution in [3.05, 3.63) is 47.4 Å². The molecule has 124 valence electrons. The summed E-state index contributed by atoms with van der Waals surface area (Å²) in [5, 5.41) is 6.60. The van der Waals surface area contributed by atoms with Crippen LogP contribution in [0.15, 0.2) is 28.8 Å². The van der Waals surface area contributed by atoms with Gasteiger partial charge in [-0.2, -0.15) is 16.7 Å². The van der Waals surface area contributed by atoms with Crippen molar-refractivity contribution < 1.29 is 13.7 Å². The number of hydrogen-bond donors (Lipinski definition) is 1. The first-order chi connectivity index (χ1) is 11.0. The zero-order valence-corrected chi connectivity index (χ0v) is 14.0. The summed E-state index contributed by atoms with van der Waals surface area (Å²) in [6.07, 6.45) is 0.414. The van der Waals surface area contributed by atoms with Gasteiger partial charge in [-0.25, -0.2) is 4.39 Å². The largest absolute Gasteiger partial charge is 0.347 e. The van der Waals surface area contributed by atoms with Gasteiger partial charge in [0.05, 0.1) is 6.54 Å². The fourth-order valence-corrected chi connectivity index (χ4v) is 2.67. The Labute approximate surface area is 139 Å². The molecule has 5 nitrogen and oxygen atoms in total. The normalized spacial score (nSPS) is 11.0. The van der Waals surface area contributed by atoms with Crippen LogP contribution >= 0.6 is 11.8 Å². The maximum atomic E-state index is 12.8. The highest BCUT2D eigenvalue weighted by Crippen LogP contribution is 2.14. The average molecular weight is 337 g/mol. The van der Waals surface area contributed by atoms with E-state index in [0.717, 1.165) is 11.3 Å². The standard InChI is InChI=1S/C16H20FN3O2S/c1-11(2)16-19-15(22-20-16)9-18-14(21)7-8-23-10-12-3-5-13(17)6-4-12/h3-6,11H,7-10H2,1-2H3,(H,18,21). The molecule has 23 heavy (non-hydrogen) atoms. The van der Waals surface area contributed by atoms with Gasteiger partial charge in [0, 0.05) is 23.8 Å². The van der Waals surface area contributed by atoms with Crippen LogP contribution in [0.5, 0.6) is 0 Å². The van der Waals surface area contributed by atoms with E-state index in [0.29, 0.717) is 23.9 Å². The second kappa shape index (κ2) is 8.67. The maximum Gasteiger partial charge on any atom is 0.246 e. The fraction of sp³-hybridized carbons (Fsp3) is 0.438. The van der Waals surface area contributed by atoms with Gasteiger partial charge in [-0.1, -0.05) is 31.1 Å². The summed E-state index contributed by atoms with van der Waals surface area (Å²) in [7, 11) is 0. The van der Waals surface area contributed by atoms with E-state index in [-0.39, 0.29) is 24.2 Å². The lowest BCUT2D eigenvalue weighted by atomic mass is 10.2. The highest BCUT2D eigenvalue weighted by Gasteiger charge is 2.10. The lowest BCUT2D eigenvalue weighted by Crippen LogP contribution is -2.23. The van der Waals surface area contributed by atoms with E-state index in [1.165, 1.54) is 12.1 Å². The molecule has 1 N–H and O–H groups in total. The molecule has 0 atom stereocenters. The van der Waals surface area contributed by atoms with Crippen LogP contribution in [-0.4, -0.2) is 21.8 Å². The number of rotatable bonds is 8. The van der Waals surface area contributed by atoms with Crippen molar-refractivity contribution in [2.24, 2.45) is 0 Å². The summed E-state index contributed by atoms with van der Waals surface area (Å²) in [6.45, 7) is 4.21. The predicted molar refractivity (Wildman–Crippen MR) is 87.4 cm³/mol. The van der Waals surface area contributed by atoms with Crippen LogP contribution in [0.4, 0.5) is 4.39 Å². The van der Waals surface area contributed by atoms with E-state index in [9.17, 15) is 9.18 Å². The molecule has 1 heterocycles. The zero-order chi connectivity index (χ0) is 16.7. The quantitative estimate of drug-likeness (QED) is 0.749. The Balaban J connectivity index is 1.62. The van der Waals surface area contributed by atoms with E-state index in [1.807, 2.05) is 13.8 Å². The van der Waals surface area contributed by atoms with Crippen LogP contribution in [0.3, 0.4) is 0 Å². The van der Waals surface area contributed by atoms with Crippen molar-refractivity contribution in [3.8, 4) is 0 Å². The molecule has 0 fully saturated rings. The van der Waals surface area contributed by atoms with Crippen LogP contribution in [0.25, 0.3) is 0 Å². The number of nitrogens with one attached hydrogen (secondary N) is 1. The zero-order valence-electron chi connectivity index (χ0n) is 13.2. The number of benzene rings is 1. The number of halogens is 1. The lowest BCUT2D eigenvalue weighted by Gasteiger charge is -2.03. The SMILES string of the molecule is CC(C)c1noc(CNC(=O)CCSCc2ccc(F)cc2)n1. The highest BCUT2D eigenvalue weighted by atomic mass is 32.2. The Bertz CT molecular complexity index is 629. The number of aromatic nitrogens is 2. The second-order valence-corrected chi connectivity index (χ2v) is 6.51. The van der Waals surface area contributed by atoms with E-state index >= 15 is 0 Å². The first-order valence-corrected chi connectivity index (χ1v) is 8.61. The Morgan fingerprint density at radius 2 is 2.09 bits per heavy atom. The van der Waals surface area contributed by atoms with Crippen molar-refractivity contribution in [1.82, 2.24) is 15.5 Å². The molecule has 1 aromatic heterocycles. The van der Waals surface area contributed by atoms with Crippen molar-refractivity contribution in [2.75, 3.05) is 5.75 Å². The number of amides is 1. The summed E-state index contributed by atoms with van der Waals surface area (Å²) in [4.78, 5) is 15.9. The summed E-state index contributed by atoms with van der Waals surface area (Å²) in [5.74, 6) is 2.43. The van der Waals surface area contributed by atoms with E-state index in [4.69, 9.17) is 4.52 Å². The van der Waals surface area contributed by atoms with Gasteiger partial charge in [0.15, 0.2) is 5.82 Å². The predicted octanol–water partition coefficient (Wildman–Crippen LogP) is 3.27. The van der Waals surface area contributed by atoms with Gasteiger partial charge in [-0.3, -0.25) is 4.79 Å². The number of carbonyl (C=O) groups excluding carboxylic acids is 1. The molecular weight excluding hydrogens is 317 g/mol. The van der Waals surface area contributed by atoms with Crippen molar-refractivity contribution >= 4 is 17.7 Å². The molecule has 0 aliphatic carbocycles. The number of carbonyl (C=O) groups is 1. The summed E-state index contributed by atoms with van der Waals surface area (Å²) in [6, 6.07) is 6.39. The molecule has 0 spiro atoms. The highest BCUT2D eigenvalue weighted by molar-refractivity contribution is 7.98. The van der Waals surface area contributed by atoms with Gasteiger partial charge in [0.1, 0.15) is 5.82 Å². The van der Waals surface area contributed by atoms with Gasteiger partial charge >= 0.3 is 0 Å². The number of thioether (sulfide) groups is 1. The molecule has 0 saturated heterocycles. The first-order valence-electron chi connectivity index (χ1n) is 7.46. The van der Waals surface area contributed by atoms with E-state index in [1.54, 1.807) is 23.9 Å². The molecule has 0 radical (unpaired) electrons. The van der Waals surface area contributed by atoms with Gasteiger partial charge in [-0.05, 0) is 17.7 Å². The molecule has 7 heteroatoms. The Hall–Kier alpha value is -1.89. The molecular formula is C16H20FN3O2S. The Morgan fingerprint density at radius 3 is 2.74 bits per heavy atom. The monoisotopic (exact) mass is 337 g/mol. The van der Waals surface area contributed by atoms with Crippen molar-refractivity contribution in [3.63, 3.8) is 0 Å². The minimum Gasteiger partial charge on any atom is -0.347 e. The van der Waals surface area contributed by atoms with Crippen LogP contribution in [0.1, 0.15) is 43.5 Å². The third kappa shape index (κ3) is 6.02. The number of hydrogen-bond acceptors (Lipinski definition) is 5. The van der Waals surface area contributed by atoms with Crippen LogP contribution < -0.4 is 5.32 Å². The summed E-state index contributed by atoms with van der Waals surface area (Å²) in [5.41, 5.74) is 1.05. The van der Waals surface area contributed by atoms with E-state index < -0.39 is 0 Å². The molecule has 0 aliphatic heterocycles. The first kappa shape index (κ1) is 17.5. The number of nitrogens with zero attached hydrogens (tertiary/aromatic N) is 2. The molecule has 0 aliphatic rings. The molecule has 0 saturated carbocycles. The molecule has 2 rings (SSSR count). The Morgan fingerprint density at radius 1 is 1.35 bits per heavy atom. The Kier molecular flexibility index (Phi) is 6.58. The van der Waals surface area contributed by atoms with Crippen LogP contribution in [-0.2, 0) is 17.1 Å². The molecule has 1 amide bonds. The third-order valence-corrected chi connectivity index (χ3v) is 4.12.